The number of alkyl halides is 2. The largest absolute Gasteiger partial charge is 0.432 e. The highest BCUT2D eigenvalue weighted by Gasteiger charge is 2.24. The first-order valence-corrected chi connectivity index (χ1v) is 6.24. The molecule has 0 aromatic heterocycles. The van der Waals surface area contributed by atoms with Crippen LogP contribution in [-0.4, -0.2) is 29.9 Å². The van der Waals surface area contributed by atoms with Crippen molar-refractivity contribution in [2.75, 3.05) is 11.9 Å². The molecule has 0 aliphatic heterocycles. The van der Waals surface area contributed by atoms with E-state index in [1.54, 1.807) is 13.8 Å². The predicted molar refractivity (Wildman–Crippen MR) is 71.0 cm³/mol. The highest BCUT2D eigenvalue weighted by atomic mass is 19.3. The van der Waals surface area contributed by atoms with Gasteiger partial charge in [0.05, 0.1) is 17.8 Å². The van der Waals surface area contributed by atoms with Gasteiger partial charge in [-0.3, -0.25) is 0 Å². The first kappa shape index (κ1) is 17.1. The third kappa shape index (κ3) is 5.14. The zero-order valence-corrected chi connectivity index (χ0v) is 11.6. The van der Waals surface area contributed by atoms with Crippen LogP contribution in [0.3, 0.4) is 0 Å². The lowest BCUT2D eigenvalue weighted by Gasteiger charge is -2.27. The van der Waals surface area contributed by atoms with E-state index in [2.05, 4.69) is 15.4 Å². The molecule has 1 aromatic carbocycles. The Bertz CT molecular complexity index is 494. The van der Waals surface area contributed by atoms with Gasteiger partial charge in [0.2, 0.25) is 0 Å². The molecule has 118 valence electrons. The Morgan fingerprint density at radius 2 is 2.14 bits per heavy atom. The number of carbonyl (C=O) groups is 1. The summed E-state index contributed by atoms with van der Waals surface area (Å²) in [5, 5.41) is 14.0. The standard InChI is InChI=1S/C13H17F3N2O3/c1-3-13(2,7-19)18-12(20)17-9-5-4-8(14)6-10(9)21-11(15)16/h4-6,11,19H,3,7H2,1-2H3,(H2,17,18,20)/t13-/m1/s1. The summed E-state index contributed by atoms with van der Waals surface area (Å²) in [4.78, 5) is 11.8. The van der Waals surface area contributed by atoms with Crippen LogP contribution >= 0.6 is 0 Å². The molecule has 0 radical (unpaired) electrons. The molecule has 0 fully saturated rings. The summed E-state index contributed by atoms with van der Waals surface area (Å²) in [6.45, 7) is -0.0531. The molecular formula is C13H17F3N2O3. The van der Waals surface area contributed by atoms with Crippen molar-refractivity contribution < 1.29 is 27.8 Å². The van der Waals surface area contributed by atoms with Gasteiger partial charge in [-0.25, -0.2) is 9.18 Å². The van der Waals surface area contributed by atoms with Gasteiger partial charge < -0.3 is 20.5 Å². The molecule has 0 aliphatic carbocycles. The lowest BCUT2D eigenvalue weighted by Crippen LogP contribution is -2.50. The lowest BCUT2D eigenvalue weighted by atomic mass is 10.0. The van der Waals surface area contributed by atoms with Crippen molar-refractivity contribution in [3.63, 3.8) is 0 Å². The van der Waals surface area contributed by atoms with Gasteiger partial charge >= 0.3 is 12.6 Å². The third-order valence-corrected chi connectivity index (χ3v) is 2.95. The number of aliphatic hydroxyl groups excluding tert-OH is 1. The summed E-state index contributed by atoms with van der Waals surface area (Å²) in [7, 11) is 0. The number of ether oxygens (including phenoxy) is 1. The van der Waals surface area contributed by atoms with Crippen LogP contribution in [0.4, 0.5) is 23.7 Å². The Hall–Kier alpha value is -1.96. The maximum Gasteiger partial charge on any atom is 0.387 e. The molecule has 0 saturated carbocycles. The van der Waals surface area contributed by atoms with E-state index in [0.717, 1.165) is 18.2 Å². The van der Waals surface area contributed by atoms with E-state index in [4.69, 9.17) is 0 Å². The fourth-order valence-electron chi connectivity index (χ4n) is 1.46. The van der Waals surface area contributed by atoms with Crippen LogP contribution in [-0.2, 0) is 0 Å². The topological polar surface area (TPSA) is 70.6 Å². The average molecular weight is 306 g/mol. The summed E-state index contributed by atoms with van der Waals surface area (Å²) >= 11 is 0. The van der Waals surface area contributed by atoms with Gasteiger partial charge in [0.25, 0.3) is 0 Å². The quantitative estimate of drug-likeness (QED) is 0.757. The number of amides is 2. The summed E-state index contributed by atoms with van der Waals surface area (Å²) in [6.07, 6.45) is 0.459. The van der Waals surface area contributed by atoms with Crippen LogP contribution in [0.15, 0.2) is 18.2 Å². The second-order valence-corrected chi connectivity index (χ2v) is 4.67. The molecule has 0 heterocycles. The second-order valence-electron chi connectivity index (χ2n) is 4.67. The summed E-state index contributed by atoms with van der Waals surface area (Å²) in [6, 6.07) is 2.12. The molecule has 0 spiro atoms. The average Bonchev–Trinajstić information content (AvgIpc) is 2.41. The van der Waals surface area contributed by atoms with E-state index in [1.807, 2.05) is 0 Å². The number of hydrogen-bond acceptors (Lipinski definition) is 3. The molecule has 2 amide bonds. The number of aliphatic hydroxyl groups is 1. The Morgan fingerprint density at radius 1 is 1.48 bits per heavy atom. The van der Waals surface area contributed by atoms with Crippen molar-refractivity contribution in [1.29, 1.82) is 0 Å². The minimum atomic E-state index is -3.14. The van der Waals surface area contributed by atoms with Crippen molar-refractivity contribution in [3.8, 4) is 5.75 Å². The smallest absolute Gasteiger partial charge is 0.387 e. The summed E-state index contributed by atoms with van der Waals surface area (Å²) < 4.78 is 41.7. The Balaban J connectivity index is 2.85. The fourth-order valence-corrected chi connectivity index (χ4v) is 1.46. The van der Waals surface area contributed by atoms with E-state index >= 15 is 0 Å². The van der Waals surface area contributed by atoms with E-state index in [9.17, 15) is 23.1 Å². The van der Waals surface area contributed by atoms with Crippen molar-refractivity contribution >= 4 is 11.7 Å². The van der Waals surface area contributed by atoms with Crippen LogP contribution in [0.25, 0.3) is 0 Å². The molecule has 8 heteroatoms. The normalized spacial score (nSPS) is 13.7. The molecule has 21 heavy (non-hydrogen) atoms. The second kappa shape index (κ2) is 7.16. The van der Waals surface area contributed by atoms with Gasteiger partial charge in [0.1, 0.15) is 5.82 Å². The van der Waals surface area contributed by atoms with Crippen LogP contribution in [0.1, 0.15) is 20.3 Å². The number of urea groups is 1. The van der Waals surface area contributed by atoms with E-state index < -0.39 is 29.7 Å². The van der Waals surface area contributed by atoms with Gasteiger partial charge in [-0.2, -0.15) is 8.78 Å². The molecule has 0 aliphatic rings. The first-order valence-electron chi connectivity index (χ1n) is 6.24. The van der Waals surface area contributed by atoms with E-state index in [0.29, 0.717) is 6.42 Å². The van der Waals surface area contributed by atoms with Crippen LogP contribution in [0.5, 0.6) is 5.75 Å². The number of rotatable bonds is 6. The maximum absolute atomic E-state index is 13.0. The van der Waals surface area contributed by atoms with Crippen LogP contribution < -0.4 is 15.4 Å². The van der Waals surface area contributed by atoms with Crippen molar-refractivity contribution in [3.05, 3.63) is 24.0 Å². The molecular weight excluding hydrogens is 289 g/mol. The Morgan fingerprint density at radius 3 is 2.67 bits per heavy atom. The van der Waals surface area contributed by atoms with Crippen molar-refractivity contribution in [2.45, 2.75) is 32.4 Å². The fraction of sp³-hybridized carbons (Fsp3) is 0.462. The molecule has 5 nitrogen and oxygen atoms in total. The van der Waals surface area contributed by atoms with Gasteiger partial charge in [-0.1, -0.05) is 6.92 Å². The Labute approximate surface area is 120 Å². The van der Waals surface area contributed by atoms with Crippen LogP contribution in [0.2, 0.25) is 0 Å². The first-order chi connectivity index (χ1) is 9.79. The van der Waals surface area contributed by atoms with E-state index in [-0.39, 0.29) is 12.3 Å². The number of carbonyl (C=O) groups excluding carboxylic acids is 1. The number of halogens is 3. The molecule has 1 aromatic rings. The highest BCUT2D eigenvalue weighted by Crippen LogP contribution is 2.27. The maximum atomic E-state index is 13.0. The number of anilines is 1. The predicted octanol–water partition coefficient (Wildman–Crippen LogP) is 2.71. The lowest BCUT2D eigenvalue weighted by molar-refractivity contribution is -0.0495. The van der Waals surface area contributed by atoms with Gasteiger partial charge in [0.15, 0.2) is 5.75 Å². The number of nitrogens with one attached hydrogen (secondary N) is 2. The molecule has 3 N–H and O–H groups in total. The van der Waals surface area contributed by atoms with Gasteiger partial charge in [-0.05, 0) is 25.5 Å². The zero-order chi connectivity index (χ0) is 16.0. The SMILES string of the molecule is CC[C@](C)(CO)NC(=O)Nc1ccc(F)cc1OC(F)F. The molecule has 0 unspecified atom stereocenters. The summed E-state index contributed by atoms with van der Waals surface area (Å²) in [5.74, 6) is -1.26. The Kier molecular flexibility index (Phi) is 5.83. The molecule has 0 bridgehead atoms. The van der Waals surface area contributed by atoms with E-state index in [1.165, 1.54) is 0 Å². The molecule has 1 atom stereocenters. The highest BCUT2D eigenvalue weighted by molar-refractivity contribution is 5.91. The minimum absolute atomic E-state index is 0.106. The third-order valence-electron chi connectivity index (χ3n) is 2.95. The zero-order valence-electron chi connectivity index (χ0n) is 11.6. The monoisotopic (exact) mass is 306 g/mol. The number of hydrogen-bond donors (Lipinski definition) is 3. The summed E-state index contributed by atoms with van der Waals surface area (Å²) in [5.41, 5.74) is -0.959. The van der Waals surface area contributed by atoms with Crippen LogP contribution in [0, 0.1) is 5.82 Å². The van der Waals surface area contributed by atoms with Gasteiger partial charge in [0, 0.05) is 6.07 Å². The molecule has 1 rings (SSSR count). The minimum Gasteiger partial charge on any atom is -0.432 e. The van der Waals surface area contributed by atoms with Gasteiger partial charge in [-0.15, -0.1) is 0 Å². The van der Waals surface area contributed by atoms with Crippen molar-refractivity contribution in [2.24, 2.45) is 0 Å². The number of benzene rings is 1. The molecule has 0 saturated heterocycles. The van der Waals surface area contributed by atoms with Crippen molar-refractivity contribution in [1.82, 2.24) is 5.32 Å².